The highest BCUT2D eigenvalue weighted by molar-refractivity contribution is 5.89. The van der Waals surface area contributed by atoms with Gasteiger partial charge in [-0.2, -0.15) is 0 Å². The number of rotatable bonds is 4. The summed E-state index contributed by atoms with van der Waals surface area (Å²) in [6.07, 6.45) is 0. The maximum Gasteiger partial charge on any atom is 0.335 e. The van der Waals surface area contributed by atoms with E-state index in [4.69, 9.17) is 9.84 Å². The van der Waals surface area contributed by atoms with Gasteiger partial charge in [0.15, 0.2) is 0 Å². The first-order valence-electron chi connectivity index (χ1n) is 6.50. The molecule has 1 N–H and O–H groups in total. The predicted octanol–water partition coefficient (Wildman–Crippen LogP) is 3.89. The van der Waals surface area contributed by atoms with Gasteiger partial charge < -0.3 is 9.84 Å². The van der Waals surface area contributed by atoms with Crippen LogP contribution in [-0.2, 0) is 6.61 Å². The molecule has 0 bridgehead atoms. The second kappa shape index (κ2) is 5.78. The van der Waals surface area contributed by atoms with Gasteiger partial charge in [0.05, 0.1) is 5.56 Å². The van der Waals surface area contributed by atoms with E-state index in [1.165, 1.54) is 11.1 Å². The van der Waals surface area contributed by atoms with E-state index >= 15 is 0 Å². The first-order chi connectivity index (χ1) is 9.47. The summed E-state index contributed by atoms with van der Waals surface area (Å²) in [5.74, 6) is -0.228. The lowest BCUT2D eigenvalue weighted by Crippen LogP contribution is -2.01. The van der Waals surface area contributed by atoms with Crippen molar-refractivity contribution in [2.75, 3.05) is 0 Å². The maximum absolute atomic E-state index is 10.9. The molecule has 104 valence electrons. The zero-order valence-corrected chi connectivity index (χ0v) is 11.9. The fraction of sp³-hybridized carbons (Fsp3) is 0.235. The Morgan fingerprint density at radius 3 is 2.35 bits per heavy atom. The standard InChI is InChI=1S/C17H18O3/c1-11-4-5-14(8-12(11)2)10-20-15-6-7-16(17(18)19)13(3)9-15/h4-9H,10H2,1-3H3,(H,18,19). The number of carboxylic acid groups (broad SMARTS) is 1. The van der Waals surface area contributed by atoms with Crippen LogP contribution in [0.3, 0.4) is 0 Å². The van der Waals surface area contributed by atoms with E-state index in [0.717, 1.165) is 5.56 Å². The van der Waals surface area contributed by atoms with E-state index in [2.05, 4.69) is 26.0 Å². The Labute approximate surface area is 118 Å². The number of hydrogen-bond acceptors (Lipinski definition) is 2. The van der Waals surface area contributed by atoms with Gasteiger partial charge in [-0.05, 0) is 61.2 Å². The second-order valence-corrected chi connectivity index (χ2v) is 4.99. The zero-order valence-electron chi connectivity index (χ0n) is 11.9. The normalized spacial score (nSPS) is 10.3. The number of carbonyl (C=O) groups is 1. The van der Waals surface area contributed by atoms with E-state index in [1.807, 2.05) is 6.07 Å². The third-order valence-electron chi connectivity index (χ3n) is 3.41. The van der Waals surface area contributed by atoms with Crippen LogP contribution >= 0.6 is 0 Å². The van der Waals surface area contributed by atoms with E-state index in [9.17, 15) is 4.79 Å². The molecule has 0 atom stereocenters. The van der Waals surface area contributed by atoms with Crippen LogP contribution in [0.4, 0.5) is 0 Å². The van der Waals surface area contributed by atoms with Crippen molar-refractivity contribution in [3.8, 4) is 5.75 Å². The fourth-order valence-electron chi connectivity index (χ4n) is 2.03. The Bertz CT molecular complexity index is 645. The van der Waals surface area contributed by atoms with E-state index in [0.29, 0.717) is 23.5 Å². The van der Waals surface area contributed by atoms with E-state index in [-0.39, 0.29) is 0 Å². The van der Waals surface area contributed by atoms with Crippen molar-refractivity contribution in [3.63, 3.8) is 0 Å². The Kier molecular flexibility index (Phi) is 4.08. The molecule has 0 unspecified atom stereocenters. The molecule has 0 heterocycles. The van der Waals surface area contributed by atoms with Crippen LogP contribution in [0.15, 0.2) is 36.4 Å². The third kappa shape index (κ3) is 3.18. The van der Waals surface area contributed by atoms with Gasteiger partial charge in [0.1, 0.15) is 12.4 Å². The average molecular weight is 270 g/mol. The molecular formula is C17H18O3. The maximum atomic E-state index is 10.9. The van der Waals surface area contributed by atoms with Crippen LogP contribution in [0.1, 0.15) is 32.6 Å². The molecule has 20 heavy (non-hydrogen) atoms. The lowest BCUT2D eigenvalue weighted by atomic mass is 10.1. The molecule has 0 spiro atoms. The molecule has 3 nitrogen and oxygen atoms in total. The van der Waals surface area contributed by atoms with Gasteiger partial charge in [0.2, 0.25) is 0 Å². The number of aryl methyl sites for hydroxylation is 3. The summed E-state index contributed by atoms with van der Waals surface area (Å²) < 4.78 is 5.71. The molecule has 0 aliphatic rings. The molecule has 0 radical (unpaired) electrons. The van der Waals surface area contributed by atoms with Crippen LogP contribution in [-0.4, -0.2) is 11.1 Å². The summed E-state index contributed by atoms with van der Waals surface area (Å²) in [5, 5.41) is 8.98. The highest BCUT2D eigenvalue weighted by Gasteiger charge is 2.07. The van der Waals surface area contributed by atoms with Gasteiger partial charge >= 0.3 is 5.97 Å². The second-order valence-electron chi connectivity index (χ2n) is 4.99. The monoisotopic (exact) mass is 270 g/mol. The van der Waals surface area contributed by atoms with Crippen LogP contribution < -0.4 is 4.74 Å². The predicted molar refractivity (Wildman–Crippen MR) is 78.4 cm³/mol. The zero-order chi connectivity index (χ0) is 14.7. The lowest BCUT2D eigenvalue weighted by molar-refractivity contribution is 0.0696. The van der Waals surface area contributed by atoms with Crippen molar-refractivity contribution in [2.24, 2.45) is 0 Å². The van der Waals surface area contributed by atoms with Gasteiger partial charge in [0.25, 0.3) is 0 Å². The number of ether oxygens (including phenoxy) is 1. The third-order valence-corrected chi connectivity index (χ3v) is 3.41. The molecule has 3 heteroatoms. The Balaban J connectivity index is 2.09. The largest absolute Gasteiger partial charge is 0.489 e. The van der Waals surface area contributed by atoms with E-state index in [1.54, 1.807) is 25.1 Å². The summed E-state index contributed by atoms with van der Waals surface area (Å²) in [6, 6.07) is 11.2. The molecule has 0 saturated carbocycles. The van der Waals surface area contributed by atoms with Crippen molar-refractivity contribution in [1.82, 2.24) is 0 Å². The Morgan fingerprint density at radius 1 is 1.00 bits per heavy atom. The molecule has 2 aromatic carbocycles. The highest BCUT2D eigenvalue weighted by atomic mass is 16.5. The van der Waals surface area contributed by atoms with Crippen LogP contribution in [0.5, 0.6) is 5.75 Å². The molecule has 0 amide bonds. The summed E-state index contributed by atoms with van der Waals surface area (Å²) in [7, 11) is 0. The van der Waals surface area contributed by atoms with Gasteiger partial charge in [-0.15, -0.1) is 0 Å². The minimum atomic E-state index is -0.914. The van der Waals surface area contributed by atoms with Gasteiger partial charge in [-0.3, -0.25) is 0 Å². The molecule has 0 saturated heterocycles. The molecule has 2 aromatic rings. The molecule has 0 aliphatic carbocycles. The summed E-state index contributed by atoms with van der Waals surface area (Å²) in [5.41, 5.74) is 4.62. The van der Waals surface area contributed by atoms with Gasteiger partial charge in [-0.25, -0.2) is 4.79 Å². The first-order valence-corrected chi connectivity index (χ1v) is 6.50. The smallest absolute Gasteiger partial charge is 0.335 e. The molecular weight excluding hydrogens is 252 g/mol. The SMILES string of the molecule is Cc1ccc(COc2ccc(C(=O)O)c(C)c2)cc1C. The van der Waals surface area contributed by atoms with Crippen molar-refractivity contribution in [1.29, 1.82) is 0 Å². The number of aromatic carboxylic acids is 1. The van der Waals surface area contributed by atoms with Crippen molar-refractivity contribution < 1.29 is 14.6 Å². The van der Waals surface area contributed by atoms with Crippen LogP contribution in [0.2, 0.25) is 0 Å². The number of carboxylic acids is 1. The first kappa shape index (κ1) is 14.1. The van der Waals surface area contributed by atoms with Crippen LogP contribution in [0.25, 0.3) is 0 Å². The number of hydrogen-bond donors (Lipinski definition) is 1. The van der Waals surface area contributed by atoms with Gasteiger partial charge in [0, 0.05) is 0 Å². The quantitative estimate of drug-likeness (QED) is 0.916. The summed E-state index contributed by atoms with van der Waals surface area (Å²) in [4.78, 5) is 10.9. The lowest BCUT2D eigenvalue weighted by Gasteiger charge is -2.10. The Morgan fingerprint density at radius 2 is 1.75 bits per heavy atom. The summed E-state index contributed by atoms with van der Waals surface area (Å²) in [6.45, 7) is 6.40. The topological polar surface area (TPSA) is 46.5 Å². The van der Waals surface area contributed by atoms with E-state index < -0.39 is 5.97 Å². The molecule has 2 rings (SSSR count). The average Bonchev–Trinajstić information content (AvgIpc) is 2.40. The molecule has 0 aromatic heterocycles. The highest BCUT2D eigenvalue weighted by Crippen LogP contribution is 2.19. The van der Waals surface area contributed by atoms with Crippen molar-refractivity contribution >= 4 is 5.97 Å². The minimum Gasteiger partial charge on any atom is -0.489 e. The fourth-order valence-corrected chi connectivity index (χ4v) is 2.03. The molecule has 0 aliphatic heterocycles. The minimum absolute atomic E-state index is 0.309. The van der Waals surface area contributed by atoms with Crippen molar-refractivity contribution in [3.05, 3.63) is 64.2 Å². The molecule has 0 fully saturated rings. The van der Waals surface area contributed by atoms with Crippen molar-refractivity contribution in [2.45, 2.75) is 27.4 Å². The van der Waals surface area contributed by atoms with Gasteiger partial charge in [-0.1, -0.05) is 18.2 Å². The van der Waals surface area contributed by atoms with Crippen LogP contribution in [0, 0.1) is 20.8 Å². The Hall–Kier alpha value is -2.29. The number of benzene rings is 2. The summed E-state index contributed by atoms with van der Waals surface area (Å²) >= 11 is 0.